The van der Waals surface area contributed by atoms with Crippen LogP contribution in [0.25, 0.3) is 0 Å². The molecule has 1 aromatic carbocycles. The van der Waals surface area contributed by atoms with Gasteiger partial charge in [0.15, 0.2) is 0 Å². The van der Waals surface area contributed by atoms with Crippen LogP contribution in [0.15, 0.2) is 24.3 Å². The van der Waals surface area contributed by atoms with Crippen LogP contribution < -0.4 is 0 Å². The first-order chi connectivity index (χ1) is 15.5. The minimum atomic E-state index is -0.809. The zero-order valence-electron chi connectivity index (χ0n) is 21.0. The highest BCUT2D eigenvalue weighted by molar-refractivity contribution is 5.80. The number of hydrogen-bond donors (Lipinski definition) is 1. The van der Waals surface area contributed by atoms with Crippen LogP contribution in [0.1, 0.15) is 83.4 Å². The number of carboxylic acid groups (broad SMARTS) is 1. The molecule has 1 saturated carbocycles. The Hall–Kier alpha value is -2.08. The number of carbonyl (C=O) groups excluding carboxylic acids is 1. The molecule has 6 nitrogen and oxygen atoms in total. The number of nitrogens with zero attached hydrogens (tertiary/aromatic N) is 3. The van der Waals surface area contributed by atoms with Crippen LogP contribution in [-0.2, 0) is 4.79 Å². The molecule has 0 radical (unpaired) electrons. The molecule has 3 aliphatic rings. The molecule has 1 N–H and O–H groups in total. The van der Waals surface area contributed by atoms with Crippen LogP contribution in [0.3, 0.4) is 0 Å². The molecule has 2 amide bonds. The van der Waals surface area contributed by atoms with Crippen LogP contribution in [0.5, 0.6) is 0 Å². The number of amides is 2. The van der Waals surface area contributed by atoms with Crippen molar-refractivity contribution < 1.29 is 14.7 Å². The number of piperidine rings is 1. The van der Waals surface area contributed by atoms with E-state index in [-0.39, 0.29) is 28.8 Å². The van der Waals surface area contributed by atoms with Crippen molar-refractivity contribution in [3.05, 3.63) is 35.4 Å². The van der Waals surface area contributed by atoms with Gasteiger partial charge in [-0.05, 0) is 53.6 Å². The first-order valence-electron chi connectivity index (χ1n) is 12.6. The van der Waals surface area contributed by atoms with Crippen LogP contribution in [0.4, 0.5) is 4.79 Å². The van der Waals surface area contributed by atoms with E-state index in [1.54, 1.807) is 0 Å². The van der Waals surface area contributed by atoms with E-state index in [4.69, 9.17) is 0 Å². The van der Waals surface area contributed by atoms with Crippen molar-refractivity contribution in [3.63, 3.8) is 0 Å². The van der Waals surface area contributed by atoms with E-state index in [0.717, 1.165) is 38.8 Å². The maximum absolute atomic E-state index is 13.6. The van der Waals surface area contributed by atoms with Crippen molar-refractivity contribution in [1.29, 1.82) is 0 Å². The largest absolute Gasteiger partial charge is 0.465 e. The Balaban J connectivity index is 1.56. The van der Waals surface area contributed by atoms with Crippen molar-refractivity contribution in [1.82, 2.24) is 14.7 Å². The molecular weight excluding hydrogens is 414 g/mol. The lowest BCUT2D eigenvalue weighted by atomic mass is 9.59. The van der Waals surface area contributed by atoms with Gasteiger partial charge < -0.3 is 14.9 Å². The maximum Gasteiger partial charge on any atom is 0.407 e. The van der Waals surface area contributed by atoms with E-state index in [2.05, 4.69) is 68.7 Å². The van der Waals surface area contributed by atoms with Crippen LogP contribution in [-0.4, -0.2) is 70.6 Å². The van der Waals surface area contributed by atoms with Crippen LogP contribution in [0.2, 0.25) is 0 Å². The van der Waals surface area contributed by atoms with Crippen molar-refractivity contribution in [3.8, 4) is 0 Å². The van der Waals surface area contributed by atoms with Crippen molar-refractivity contribution >= 4 is 12.0 Å². The highest BCUT2D eigenvalue weighted by Gasteiger charge is 2.52. The predicted octanol–water partition coefficient (Wildman–Crippen LogP) is 4.96. The monoisotopic (exact) mass is 455 g/mol. The SMILES string of the molecule is CC(C)c1ccccc1C1CN(CC(C)(C)C)CC(=O)N1C1CC2(CCN(C(=O)O)CC2)C1. The average molecular weight is 456 g/mol. The number of carbonyl (C=O) groups is 2. The fourth-order valence-corrected chi connectivity index (χ4v) is 6.40. The molecule has 1 spiro atoms. The van der Waals surface area contributed by atoms with Gasteiger partial charge in [0.2, 0.25) is 5.91 Å². The third-order valence-corrected chi connectivity index (χ3v) is 7.91. The molecule has 1 atom stereocenters. The summed E-state index contributed by atoms with van der Waals surface area (Å²) in [5.41, 5.74) is 2.98. The molecule has 33 heavy (non-hydrogen) atoms. The second-order valence-corrected chi connectivity index (χ2v) is 12.2. The predicted molar refractivity (Wildman–Crippen MR) is 130 cm³/mol. The van der Waals surface area contributed by atoms with Crippen LogP contribution >= 0.6 is 0 Å². The van der Waals surface area contributed by atoms with E-state index >= 15 is 0 Å². The number of piperazine rings is 1. The van der Waals surface area contributed by atoms with E-state index in [1.165, 1.54) is 16.0 Å². The summed E-state index contributed by atoms with van der Waals surface area (Å²) < 4.78 is 0. The molecule has 6 heteroatoms. The Morgan fingerprint density at radius 3 is 2.36 bits per heavy atom. The summed E-state index contributed by atoms with van der Waals surface area (Å²) in [6.07, 6.45) is 3.04. The average Bonchev–Trinajstić information content (AvgIpc) is 2.70. The zero-order valence-corrected chi connectivity index (χ0v) is 21.0. The quantitative estimate of drug-likeness (QED) is 0.697. The number of benzene rings is 1. The van der Waals surface area contributed by atoms with Gasteiger partial charge in [-0.2, -0.15) is 0 Å². The topological polar surface area (TPSA) is 64.1 Å². The lowest BCUT2D eigenvalue weighted by Crippen LogP contribution is -2.62. The molecule has 4 rings (SSSR count). The van der Waals surface area contributed by atoms with Crippen molar-refractivity contribution in [2.45, 2.75) is 78.3 Å². The molecule has 0 aromatic heterocycles. The fourth-order valence-electron chi connectivity index (χ4n) is 6.40. The Bertz CT molecular complexity index is 875. The Kier molecular flexibility index (Phi) is 6.51. The van der Waals surface area contributed by atoms with Crippen molar-refractivity contribution in [2.24, 2.45) is 10.8 Å². The fraction of sp³-hybridized carbons (Fsp3) is 0.704. The van der Waals surface area contributed by atoms with Gasteiger partial charge in [0.25, 0.3) is 0 Å². The zero-order chi connectivity index (χ0) is 24.0. The molecule has 2 heterocycles. The molecule has 1 unspecified atom stereocenters. The summed E-state index contributed by atoms with van der Waals surface area (Å²) in [5.74, 6) is 0.654. The lowest BCUT2D eigenvalue weighted by molar-refractivity contribution is -0.153. The van der Waals surface area contributed by atoms with Crippen LogP contribution in [0, 0.1) is 10.8 Å². The number of rotatable bonds is 4. The third kappa shape index (κ3) is 5.06. The summed E-state index contributed by atoms with van der Waals surface area (Å²) in [5, 5.41) is 9.30. The number of likely N-dealkylation sites (tertiary alicyclic amines) is 1. The summed E-state index contributed by atoms with van der Waals surface area (Å²) >= 11 is 0. The first kappa shape index (κ1) is 24.1. The smallest absolute Gasteiger partial charge is 0.407 e. The highest BCUT2D eigenvalue weighted by atomic mass is 16.4. The molecule has 2 aliphatic heterocycles. The Labute approximate surface area is 198 Å². The summed E-state index contributed by atoms with van der Waals surface area (Å²) in [4.78, 5) is 31.0. The Morgan fingerprint density at radius 2 is 1.79 bits per heavy atom. The minimum absolute atomic E-state index is 0.0775. The van der Waals surface area contributed by atoms with Gasteiger partial charge in [-0.3, -0.25) is 9.69 Å². The van der Waals surface area contributed by atoms with Crippen molar-refractivity contribution in [2.75, 3.05) is 32.7 Å². The van der Waals surface area contributed by atoms with Gasteiger partial charge in [0.1, 0.15) is 0 Å². The summed E-state index contributed by atoms with van der Waals surface area (Å²) in [6.45, 7) is 14.7. The number of hydrogen-bond acceptors (Lipinski definition) is 3. The van der Waals surface area contributed by atoms with E-state index in [1.807, 2.05) is 0 Å². The van der Waals surface area contributed by atoms with Gasteiger partial charge in [0, 0.05) is 32.2 Å². The minimum Gasteiger partial charge on any atom is -0.465 e. The molecular formula is C27H41N3O3. The second kappa shape index (κ2) is 8.94. The van der Waals surface area contributed by atoms with Gasteiger partial charge in [0.05, 0.1) is 12.6 Å². The first-order valence-corrected chi connectivity index (χ1v) is 12.6. The van der Waals surface area contributed by atoms with E-state index in [0.29, 0.717) is 25.6 Å². The normalized spacial score (nSPS) is 24.4. The lowest BCUT2D eigenvalue weighted by Gasteiger charge is -2.58. The molecule has 3 fully saturated rings. The van der Waals surface area contributed by atoms with Gasteiger partial charge >= 0.3 is 6.09 Å². The van der Waals surface area contributed by atoms with Gasteiger partial charge in [-0.1, -0.05) is 58.9 Å². The summed E-state index contributed by atoms with van der Waals surface area (Å²) in [6, 6.07) is 8.99. The summed E-state index contributed by atoms with van der Waals surface area (Å²) in [7, 11) is 0. The standard InChI is InChI=1S/C27H41N3O3/c1-19(2)21-8-6-7-9-22(21)23-16-28(18-26(3,4)5)17-24(31)30(23)20-14-27(15-20)10-12-29(13-11-27)25(32)33/h6-9,19-20,23H,10-18H2,1-5H3,(H,32,33). The molecule has 2 saturated heterocycles. The van der Waals surface area contributed by atoms with E-state index < -0.39 is 6.09 Å². The molecule has 0 bridgehead atoms. The second-order valence-electron chi connectivity index (χ2n) is 12.2. The molecule has 1 aliphatic carbocycles. The van der Waals surface area contributed by atoms with E-state index in [9.17, 15) is 14.7 Å². The highest BCUT2D eigenvalue weighted by Crippen LogP contribution is 2.53. The Morgan fingerprint density at radius 1 is 1.15 bits per heavy atom. The molecule has 182 valence electrons. The van der Waals surface area contributed by atoms with Gasteiger partial charge in [-0.25, -0.2) is 4.79 Å². The van der Waals surface area contributed by atoms with Gasteiger partial charge in [-0.15, -0.1) is 0 Å². The maximum atomic E-state index is 13.6. The molecule has 1 aromatic rings. The third-order valence-electron chi connectivity index (χ3n) is 7.91.